The third kappa shape index (κ3) is 6.61. The highest BCUT2D eigenvalue weighted by atomic mass is 19.3. The molecule has 1 aliphatic heterocycles. The summed E-state index contributed by atoms with van der Waals surface area (Å²) in [5.41, 5.74) is 1.00. The molecule has 40 heavy (non-hydrogen) atoms. The van der Waals surface area contributed by atoms with E-state index in [0.29, 0.717) is 29.4 Å². The minimum absolute atomic E-state index is 0.0580. The van der Waals surface area contributed by atoms with Gasteiger partial charge in [-0.3, -0.25) is 4.90 Å². The fraction of sp³-hybridized carbons (Fsp3) is 0.462. The van der Waals surface area contributed by atoms with Crippen LogP contribution in [0.15, 0.2) is 36.4 Å². The van der Waals surface area contributed by atoms with Crippen molar-refractivity contribution in [3.8, 4) is 11.6 Å². The lowest BCUT2D eigenvalue weighted by Crippen LogP contribution is -2.59. The molecule has 214 valence electrons. The second-order valence-corrected chi connectivity index (χ2v) is 10.1. The average Bonchev–Trinajstić information content (AvgIpc) is 3.30. The number of benzene rings is 1. The first-order valence-corrected chi connectivity index (χ1v) is 12.6. The first-order valence-electron chi connectivity index (χ1n) is 12.6. The molecule has 1 aromatic carbocycles. The number of rotatable bonds is 7. The number of esters is 1. The van der Waals surface area contributed by atoms with Crippen LogP contribution in [-0.4, -0.2) is 80.5 Å². The fourth-order valence-corrected chi connectivity index (χ4v) is 4.08. The van der Waals surface area contributed by atoms with Crippen molar-refractivity contribution >= 4 is 17.9 Å². The van der Waals surface area contributed by atoms with Gasteiger partial charge in [-0.2, -0.15) is 0 Å². The van der Waals surface area contributed by atoms with Gasteiger partial charge in [-0.1, -0.05) is 17.3 Å². The molecule has 1 amide bonds. The van der Waals surface area contributed by atoms with Gasteiger partial charge >= 0.3 is 12.1 Å². The minimum atomic E-state index is -2.56. The van der Waals surface area contributed by atoms with Gasteiger partial charge in [0.25, 0.3) is 6.43 Å². The Hall–Kier alpha value is -4.36. The molecule has 0 aliphatic carbocycles. The molecular formula is C26H31F2N7O5. The average molecular weight is 560 g/mol. The summed E-state index contributed by atoms with van der Waals surface area (Å²) in [4.78, 5) is 28.3. The monoisotopic (exact) mass is 559 g/mol. The quantitative estimate of drug-likeness (QED) is 0.397. The van der Waals surface area contributed by atoms with E-state index in [1.165, 1.54) is 41.0 Å². The third-order valence-corrected chi connectivity index (χ3v) is 6.14. The summed E-state index contributed by atoms with van der Waals surface area (Å²) in [6.45, 7) is 7.86. The maximum Gasteiger partial charge on any atom is 0.411 e. The molecule has 1 fully saturated rings. The number of carbonyl (C=O) groups excluding carboxylic acids is 2. The Morgan fingerprint density at radius 3 is 2.38 bits per heavy atom. The molecule has 14 heteroatoms. The molecule has 0 radical (unpaired) electrons. The minimum Gasteiger partial charge on any atom is -0.470 e. The number of nitrogens with zero attached hydrogens (tertiary/aromatic N) is 7. The second kappa shape index (κ2) is 11.8. The van der Waals surface area contributed by atoms with Crippen LogP contribution in [0.25, 0.3) is 5.69 Å². The van der Waals surface area contributed by atoms with Crippen molar-refractivity contribution in [2.45, 2.75) is 52.4 Å². The Balaban J connectivity index is 1.42. The molecule has 1 aliphatic rings. The molecule has 1 saturated heterocycles. The fourth-order valence-electron chi connectivity index (χ4n) is 4.08. The predicted octanol–water partition coefficient (Wildman–Crippen LogP) is 3.48. The van der Waals surface area contributed by atoms with Crippen LogP contribution < -0.4 is 9.64 Å². The molecule has 1 atom stereocenters. The lowest BCUT2D eigenvalue weighted by atomic mass is 10.1. The maximum absolute atomic E-state index is 12.9. The van der Waals surface area contributed by atoms with Gasteiger partial charge < -0.3 is 19.1 Å². The van der Waals surface area contributed by atoms with Gasteiger partial charge in [0.1, 0.15) is 17.9 Å². The van der Waals surface area contributed by atoms with E-state index in [0.717, 1.165) is 0 Å². The maximum atomic E-state index is 12.9. The highest BCUT2D eigenvalue weighted by Crippen LogP contribution is 2.23. The van der Waals surface area contributed by atoms with E-state index in [4.69, 9.17) is 14.2 Å². The number of amides is 1. The summed E-state index contributed by atoms with van der Waals surface area (Å²) in [5, 5.41) is 16.5. The number of aryl methyl sites for hydroxylation is 1. The summed E-state index contributed by atoms with van der Waals surface area (Å²) < 4.78 is 43.5. The summed E-state index contributed by atoms with van der Waals surface area (Å²) in [6, 6.07) is 8.21. The number of carbonyl (C=O) groups is 2. The summed E-state index contributed by atoms with van der Waals surface area (Å²) in [6.07, 6.45) is -3.15. The number of hydrogen-bond donors (Lipinski definition) is 0. The van der Waals surface area contributed by atoms with E-state index < -0.39 is 30.1 Å². The Labute approximate surface area is 229 Å². The zero-order chi connectivity index (χ0) is 29.0. The van der Waals surface area contributed by atoms with E-state index in [1.54, 1.807) is 39.8 Å². The number of methoxy groups -OCH3 is 1. The van der Waals surface area contributed by atoms with Crippen LogP contribution in [0, 0.1) is 6.92 Å². The van der Waals surface area contributed by atoms with Crippen LogP contribution >= 0.6 is 0 Å². The summed E-state index contributed by atoms with van der Waals surface area (Å²) in [5.74, 6) is 0.167. The van der Waals surface area contributed by atoms with Crippen molar-refractivity contribution in [2.24, 2.45) is 0 Å². The topological polar surface area (TPSA) is 125 Å². The van der Waals surface area contributed by atoms with Gasteiger partial charge in [-0.15, -0.1) is 15.3 Å². The van der Waals surface area contributed by atoms with Crippen LogP contribution in [0.4, 0.5) is 19.4 Å². The molecule has 0 N–H and O–H groups in total. The third-order valence-electron chi connectivity index (χ3n) is 6.14. The van der Waals surface area contributed by atoms with Gasteiger partial charge in [-0.05, 0) is 45.9 Å². The second-order valence-electron chi connectivity index (χ2n) is 10.1. The zero-order valence-electron chi connectivity index (χ0n) is 22.9. The van der Waals surface area contributed by atoms with Gasteiger partial charge in [0.15, 0.2) is 11.9 Å². The van der Waals surface area contributed by atoms with Gasteiger partial charge in [0.2, 0.25) is 5.88 Å². The van der Waals surface area contributed by atoms with Crippen LogP contribution in [0.5, 0.6) is 5.88 Å². The highest BCUT2D eigenvalue weighted by molar-refractivity contribution is 5.82. The molecule has 4 rings (SSSR count). The normalized spacial score (nSPS) is 15.8. The van der Waals surface area contributed by atoms with E-state index in [9.17, 15) is 18.4 Å². The van der Waals surface area contributed by atoms with Crippen molar-refractivity contribution in [3.63, 3.8) is 0 Å². The SMILES string of the molecule is COC(=O)[C@H]1CN(c2ccc(OCc3c(C)nnn3-c3ccc(C(F)F)cc3)nn2)CCN1C(=O)OC(C)(C)C. The van der Waals surface area contributed by atoms with Gasteiger partial charge in [0.05, 0.1) is 25.0 Å². The number of anilines is 1. The van der Waals surface area contributed by atoms with E-state index in [2.05, 4.69) is 20.5 Å². The van der Waals surface area contributed by atoms with Crippen molar-refractivity contribution in [3.05, 3.63) is 53.3 Å². The summed E-state index contributed by atoms with van der Waals surface area (Å²) >= 11 is 0. The molecule has 12 nitrogen and oxygen atoms in total. The summed E-state index contributed by atoms with van der Waals surface area (Å²) in [7, 11) is 1.27. The molecule has 0 unspecified atom stereocenters. The van der Waals surface area contributed by atoms with E-state index >= 15 is 0 Å². The largest absolute Gasteiger partial charge is 0.470 e. The molecule has 0 spiro atoms. The first kappa shape index (κ1) is 28.6. The van der Waals surface area contributed by atoms with Crippen LogP contribution in [0.2, 0.25) is 0 Å². The van der Waals surface area contributed by atoms with Gasteiger partial charge in [0, 0.05) is 24.7 Å². The molecule has 0 saturated carbocycles. The number of alkyl halides is 2. The van der Waals surface area contributed by atoms with Crippen molar-refractivity contribution < 1.29 is 32.6 Å². The van der Waals surface area contributed by atoms with Crippen LogP contribution in [-0.2, 0) is 20.9 Å². The lowest BCUT2D eigenvalue weighted by molar-refractivity contribution is -0.147. The number of aromatic nitrogens is 5. The Bertz CT molecular complexity index is 1330. The van der Waals surface area contributed by atoms with Gasteiger partial charge in [-0.25, -0.2) is 23.1 Å². The predicted molar refractivity (Wildman–Crippen MR) is 138 cm³/mol. The van der Waals surface area contributed by atoms with E-state index in [1.807, 2.05) is 4.90 Å². The molecule has 3 aromatic rings. The van der Waals surface area contributed by atoms with Crippen molar-refractivity contribution in [1.82, 2.24) is 30.1 Å². The molecule has 3 heterocycles. The lowest BCUT2D eigenvalue weighted by Gasteiger charge is -2.40. The first-order chi connectivity index (χ1) is 19.0. The van der Waals surface area contributed by atoms with Crippen LogP contribution in [0.1, 0.15) is 44.1 Å². The molecule has 2 aromatic heterocycles. The molecular weight excluding hydrogens is 528 g/mol. The highest BCUT2D eigenvalue weighted by Gasteiger charge is 2.38. The number of halogens is 2. The van der Waals surface area contributed by atoms with Crippen LogP contribution in [0.3, 0.4) is 0 Å². The van der Waals surface area contributed by atoms with Crippen molar-refractivity contribution in [1.29, 1.82) is 0 Å². The zero-order valence-corrected chi connectivity index (χ0v) is 22.9. The van der Waals surface area contributed by atoms with E-state index in [-0.39, 0.29) is 31.1 Å². The standard InChI is InChI=1S/C26H31F2N7O5/c1-16-20(35(32-29-16)18-8-6-17(7-9-18)23(27)28)15-39-22-11-10-21(30-31-22)33-12-13-34(19(14-33)24(36)38-5)25(37)40-26(2,3)4/h6-11,19,23H,12-15H2,1-5H3/t19-/m1/s1. The Morgan fingerprint density at radius 1 is 1.05 bits per heavy atom. The smallest absolute Gasteiger partial charge is 0.411 e. The number of ether oxygens (including phenoxy) is 3. The molecule has 0 bridgehead atoms. The Morgan fingerprint density at radius 2 is 1.77 bits per heavy atom. The Kier molecular flexibility index (Phi) is 8.45. The number of piperazine rings is 1. The number of hydrogen-bond acceptors (Lipinski definition) is 10. The van der Waals surface area contributed by atoms with Crippen molar-refractivity contribution in [2.75, 3.05) is 31.6 Å².